The monoisotopic (exact) mass is 337 g/mol. The van der Waals surface area contributed by atoms with Crippen molar-refractivity contribution in [1.82, 2.24) is 5.06 Å². The zero-order chi connectivity index (χ0) is 17.5. The molecule has 0 bridgehead atoms. The zero-order valence-electron chi connectivity index (χ0n) is 13.9. The average Bonchev–Trinajstić information content (AvgIpc) is 3.05. The lowest BCUT2D eigenvalue weighted by Crippen LogP contribution is -2.32. The first-order chi connectivity index (χ1) is 11.5. The maximum Gasteiger partial charge on any atom is 0.333 e. The number of nitrogens with zero attached hydrogens (tertiary/aromatic N) is 1. The van der Waals surface area contributed by atoms with Crippen LogP contribution in [-0.2, 0) is 28.8 Å². The number of imide groups is 1. The molecule has 2 fully saturated rings. The van der Waals surface area contributed by atoms with Gasteiger partial charge in [0.1, 0.15) is 0 Å². The summed E-state index contributed by atoms with van der Waals surface area (Å²) in [7, 11) is 0. The van der Waals surface area contributed by atoms with Gasteiger partial charge in [-0.15, -0.1) is 5.06 Å². The van der Waals surface area contributed by atoms with Gasteiger partial charge in [-0.1, -0.05) is 19.1 Å². The van der Waals surface area contributed by atoms with Crippen LogP contribution < -0.4 is 0 Å². The van der Waals surface area contributed by atoms with Gasteiger partial charge in [-0.25, -0.2) is 4.79 Å². The van der Waals surface area contributed by atoms with E-state index in [-0.39, 0.29) is 25.7 Å². The predicted molar refractivity (Wildman–Crippen MR) is 83.0 cm³/mol. The number of fused-ring (bicyclic) bond motifs is 1. The van der Waals surface area contributed by atoms with Crippen LogP contribution in [0.2, 0.25) is 0 Å². The molecular formula is C17H23NO6. The molecule has 3 aliphatic rings. The van der Waals surface area contributed by atoms with Crippen LogP contribution in [0, 0.1) is 11.8 Å². The second kappa shape index (κ2) is 8.61. The van der Waals surface area contributed by atoms with Crippen molar-refractivity contribution in [2.75, 3.05) is 6.61 Å². The van der Waals surface area contributed by atoms with Crippen molar-refractivity contribution in [3.05, 3.63) is 12.2 Å². The number of hydrogen-bond acceptors (Lipinski definition) is 6. The van der Waals surface area contributed by atoms with E-state index in [1.54, 1.807) is 0 Å². The average molecular weight is 337 g/mol. The molecule has 0 aromatic rings. The van der Waals surface area contributed by atoms with E-state index in [0.29, 0.717) is 18.1 Å². The van der Waals surface area contributed by atoms with Gasteiger partial charge in [0.05, 0.1) is 19.4 Å². The third kappa shape index (κ3) is 5.47. The van der Waals surface area contributed by atoms with Crippen molar-refractivity contribution in [2.45, 2.75) is 51.9 Å². The summed E-state index contributed by atoms with van der Waals surface area (Å²) in [6.45, 7) is 2.16. The maximum atomic E-state index is 11.3. The summed E-state index contributed by atoms with van der Waals surface area (Å²) in [4.78, 5) is 49.2. The number of allylic oxidation sites excluding steroid dienone is 2. The van der Waals surface area contributed by atoms with Crippen LogP contribution in [0.1, 0.15) is 51.9 Å². The molecule has 2 aliphatic carbocycles. The standard InChI is InChI=1S/C11H15NO6.C6H8/c1-2-7-17-10(15)5-6-11(16)18-12-8(13)3-4-9(12)14;1-2-5-4-6(5)3-1/h2-7H2,1H3;1-2,5-6H,3-4H2. The predicted octanol–water partition coefficient (Wildman–Crippen LogP) is 1.91. The molecule has 24 heavy (non-hydrogen) atoms. The van der Waals surface area contributed by atoms with E-state index in [2.05, 4.69) is 17.0 Å². The van der Waals surface area contributed by atoms with Gasteiger partial charge in [0, 0.05) is 12.8 Å². The van der Waals surface area contributed by atoms with E-state index >= 15 is 0 Å². The third-order valence-electron chi connectivity index (χ3n) is 4.00. The summed E-state index contributed by atoms with van der Waals surface area (Å²) < 4.78 is 4.76. The molecule has 2 atom stereocenters. The highest BCUT2D eigenvalue weighted by Crippen LogP contribution is 2.46. The van der Waals surface area contributed by atoms with Crippen molar-refractivity contribution in [3.63, 3.8) is 0 Å². The number of hydroxylamine groups is 2. The van der Waals surface area contributed by atoms with E-state index in [9.17, 15) is 19.2 Å². The number of carbonyl (C=O) groups excluding carboxylic acids is 4. The van der Waals surface area contributed by atoms with Crippen LogP contribution in [-0.4, -0.2) is 35.4 Å². The molecule has 7 heteroatoms. The fourth-order valence-electron chi connectivity index (χ4n) is 2.50. The number of amides is 2. The summed E-state index contributed by atoms with van der Waals surface area (Å²) in [6.07, 6.45) is 7.97. The van der Waals surface area contributed by atoms with E-state index in [1.165, 1.54) is 12.8 Å². The first-order valence-corrected chi connectivity index (χ1v) is 8.40. The Kier molecular flexibility index (Phi) is 6.52. The second-order valence-corrected chi connectivity index (χ2v) is 6.09. The largest absolute Gasteiger partial charge is 0.466 e. The summed E-state index contributed by atoms with van der Waals surface area (Å²) in [5.41, 5.74) is 0. The Hall–Kier alpha value is -2.18. The number of hydrogen-bond donors (Lipinski definition) is 0. The molecule has 132 valence electrons. The first kappa shape index (κ1) is 18.2. The van der Waals surface area contributed by atoms with Crippen LogP contribution in [0.15, 0.2) is 12.2 Å². The molecule has 2 amide bonds. The lowest BCUT2D eigenvalue weighted by molar-refractivity contribution is -0.197. The van der Waals surface area contributed by atoms with Crippen LogP contribution in [0.25, 0.3) is 0 Å². The Morgan fingerprint density at radius 3 is 2.29 bits per heavy atom. The Labute approximate surface area is 140 Å². The fourth-order valence-corrected chi connectivity index (χ4v) is 2.50. The molecule has 1 saturated carbocycles. The van der Waals surface area contributed by atoms with Crippen molar-refractivity contribution in [3.8, 4) is 0 Å². The normalized spacial score (nSPS) is 23.5. The molecule has 2 unspecified atom stereocenters. The number of carbonyl (C=O) groups is 4. The van der Waals surface area contributed by atoms with Gasteiger partial charge >= 0.3 is 11.9 Å². The van der Waals surface area contributed by atoms with Gasteiger partial charge in [-0.05, 0) is 31.1 Å². The van der Waals surface area contributed by atoms with Gasteiger partial charge in [0.25, 0.3) is 11.8 Å². The van der Waals surface area contributed by atoms with Gasteiger partial charge in [-0.2, -0.15) is 0 Å². The van der Waals surface area contributed by atoms with Crippen molar-refractivity contribution in [2.24, 2.45) is 11.8 Å². The Bertz CT molecular complexity index is 525. The number of ether oxygens (including phenoxy) is 1. The molecule has 1 heterocycles. The molecular weight excluding hydrogens is 314 g/mol. The molecule has 1 saturated heterocycles. The van der Waals surface area contributed by atoms with Gasteiger partial charge in [0.15, 0.2) is 0 Å². The van der Waals surface area contributed by atoms with Crippen LogP contribution >= 0.6 is 0 Å². The van der Waals surface area contributed by atoms with E-state index in [0.717, 1.165) is 11.8 Å². The van der Waals surface area contributed by atoms with E-state index in [1.807, 2.05) is 6.92 Å². The van der Waals surface area contributed by atoms with E-state index in [4.69, 9.17) is 4.74 Å². The van der Waals surface area contributed by atoms with Crippen LogP contribution in [0.5, 0.6) is 0 Å². The van der Waals surface area contributed by atoms with Crippen molar-refractivity contribution in [1.29, 1.82) is 0 Å². The quantitative estimate of drug-likeness (QED) is 0.418. The summed E-state index contributed by atoms with van der Waals surface area (Å²) in [6, 6.07) is 0. The molecule has 0 N–H and O–H groups in total. The van der Waals surface area contributed by atoms with E-state index < -0.39 is 23.8 Å². The van der Waals surface area contributed by atoms with Crippen molar-refractivity contribution < 1.29 is 28.8 Å². The summed E-state index contributed by atoms with van der Waals surface area (Å²) in [5.74, 6) is -0.251. The van der Waals surface area contributed by atoms with Crippen molar-refractivity contribution >= 4 is 23.8 Å². The lowest BCUT2D eigenvalue weighted by Gasteiger charge is -2.12. The van der Waals surface area contributed by atoms with Gasteiger partial charge < -0.3 is 9.57 Å². The molecule has 0 aromatic heterocycles. The Balaban J connectivity index is 0.000000282. The molecule has 1 aliphatic heterocycles. The van der Waals surface area contributed by atoms with Gasteiger partial charge in [-0.3, -0.25) is 14.4 Å². The highest BCUT2D eigenvalue weighted by Gasteiger charge is 2.36. The van der Waals surface area contributed by atoms with Crippen LogP contribution in [0.3, 0.4) is 0 Å². The summed E-state index contributed by atoms with van der Waals surface area (Å²) >= 11 is 0. The molecule has 3 rings (SSSR count). The maximum absolute atomic E-state index is 11.3. The minimum Gasteiger partial charge on any atom is -0.466 e. The Morgan fingerprint density at radius 1 is 1.17 bits per heavy atom. The molecule has 0 radical (unpaired) electrons. The topological polar surface area (TPSA) is 90.0 Å². The first-order valence-electron chi connectivity index (χ1n) is 8.40. The lowest BCUT2D eigenvalue weighted by atomic mass is 10.3. The summed E-state index contributed by atoms with van der Waals surface area (Å²) in [5, 5.41) is 0.458. The minimum absolute atomic E-state index is 0.0463. The third-order valence-corrected chi connectivity index (χ3v) is 4.00. The Morgan fingerprint density at radius 2 is 1.83 bits per heavy atom. The smallest absolute Gasteiger partial charge is 0.333 e. The minimum atomic E-state index is -0.799. The molecule has 7 nitrogen and oxygen atoms in total. The second-order valence-electron chi connectivity index (χ2n) is 6.09. The highest BCUT2D eigenvalue weighted by molar-refractivity contribution is 6.01. The number of rotatable bonds is 6. The highest BCUT2D eigenvalue weighted by atomic mass is 16.7. The SMILES string of the molecule is C1=CC2CC2C1.CCCOC(=O)CCC(=O)ON1C(=O)CCC1=O. The zero-order valence-corrected chi connectivity index (χ0v) is 13.9. The van der Waals surface area contributed by atoms with Crippen LogP contribution in [0.4, 0.5) is 0 Å². The molecule has 0 spiro atoms. The number of esters is 1. The molecule has 0 aromatic carbocycles. The fraction of sp³-hybridized carbons (Fsp3) is 0.647. The van der Waals surface area contributed by atoms with Gasteiger partial charge in [0.2, 0.25) is 0 Å².